The first-order valence-corrected chi connectivity index (χ1v) is 13.6. The van der Waals surface area contributed by atoms with E-state index in [9.17, 15) is 0 Å². The van der Waals surface area contributed by atoms with E-state index < -0.39 is 0 Å². The number of nitrogens with zero attached hydrogens (tertiary/aromatic N) is 3. The normalized spacial score (nSPS) is 21.7. The average molecular weight is 470 g/mol. The van der Waals surface area contributed by atoms with Crippen LogP contribution in [-0.2, 0) is 19.5 Å². The second-order valence-corrected chi connectivity index (χ2v) is 11.2. The lowest BCUT2D eigenvalue weighted by molar-refractivity contribution is 0.0890. The van der Waals surface area contributed by atoms with Crippen molar-refractivity contribution in [3.8, 4) is 0 Å². The third-order valence-corrected chi connectivity index (χ3v) is 8.66. The Morgan fingerprint density at radius 1 is 0.943 bits per heavy atom. The van der Waals surface area contributed by atoms with Crippen LogP contribution in [0.2, 0.25) is 0 Å². The maximum atomic E-state index is 4.65. The largest absolute Gasteiger partial charge is 0.347 e. The molecule has 0 aliphatic carbocycles. The lowest BCUT2D eigenvalue weighted by atomic mass is 9.81. The van der Waals surface area contributed by atoms with Crippen LogP contribution in [-0.4, -0.2) is 39.9 Å². The number of piperidine rings is 1. The highest BCUT2D eigenvalue weighted by molar-refractivity contribution is 5.48. The molecule has 0 amide bonds. The Labute approximate surface area is 213 Å². The number of benzene rings is 2. The quantitative estimate of drug-likeness (QED) is 0.486. The maximum absolute atomic E-state index is 4.65. The van der Waals surface area contributed by atoms with Gasteiger partial charge in [0.1, 0.15) is 5.82 Å². The molecule has 1 spiro atoms. The Balaban J connectivity index is 1.45. The Morgan fingerprint density at radius 3 is 2.23 bits per heavy atom. The van der Waals surface area contributed by atoms with E-state index in [0.29, 0.717) is 5.92 Å². The molecule has 3 aliphatic rings. The molecule has 186 valence electrons. The van der Waals surface area contributed by atoms with Crippen LogP contribution in [0, 0.1) is 20.8 Å². The molecule has 3 heteroatoms. The van der Waals surface area contributed by atoms with Crippen molar-refractivity contribution in [2.24, 2.45) is 0 Å². The molecule has 35 heavy (non-hydrogen) atoms. The number of hydrogen-bond acceptors (Lipinski definition) is 3. The van der Waals surface area contributed by atoms with Crippen molar-refractivity contribution in [3.63, 3.8) is 0 Å². The highest BCUT2D eigenvalue weighted by atomic mass is 15.5. The summed E-state index contributed by atoms with van der Waals surface area (Å²) < 4.78 is 0. The van der Waals surface area contributed by atoms with Crippen LogP contribution in [0.25, 0.3) is 0 Å². The van der Waals surface area contributed by atoms with E-state index in [1.54, 1.807) is 5.56 Å². The highest BCUT2D eigenvalue weighted by Crippen LogP contribution is 2.50. The summed E-state index contributed by atoms with van der Waals surface area (Å²) >= 11 is 0. The SMILES string of the molecule is C=C1N2Cc3cc(C)cc(CC)c3C(C)C=C2C2(CCN(Cc3cc(C)cc(C)c3)CC2)N1CC. The van der Waals surface area contributed by atoms with Crippen LogP contribution in [0.15, 0.2) is 54.5 Å². The zero-order valence-corrected chi connectivity index (χ0v) is 22.7. The monoisotopic (exact) mass is 469 g/mol. The zero-order valence-electron chi connectivity index (χ0n) is 22.7. The molecular formula is C32H43N3. The summed E-state index contributed by atoms with van der Waals surface area (Å²) in [7, 11) is 0. The summed E-state index contributed by atoms with van der Waals surface area (Å²) in [6.45, 7) is 23.6. The molecular weight excluding hydrogens is 426 g/mol. The van der Waals surface area contributed by atoms with Gasteiger partial charge in [0.05, 0.1) is 5.54 Å². The van der Waals surface area contributed by atoms with Crippen LogP contribution in [0.5, 0.6) is 0 Å². The second kappa shape index (κ2) is 9.17. The minimum atomic E-state index is 0.0720. The van der Waals surface area contributed by atoms with E-state index in [1.807, 2.05) is 0 Å². The van der Waals surface area contributed by atoms with Crippen LogP contribution < -0.4 is 0 Å². The lowest BCUT2D eigenvalue weighted by Crippen LogP contribution is -2.52. The van der Waals surface area contributed by atoms with Crippen molar-refractivity contribution >= 4 is 0 Å². The van der Waals surface area contributed by atoms with Gasteiger partial charge in [-0.2, -0.15) is 0 Å². The number of aryl methyl sites for hydroxylation is 4. The number of allylic oxidation sites excluding steroid dienone is 1. The molecule has 2 saturated heterocycles. The van der Waals surface area contributed by atoms with E-state index in [1.165, 1.54) is 44.9 Å². The van der Waals surface area contributed by atoms with Gasteiger partial charge in [0, 0.05) is 44.3 Å². The summed E-state index contributed by atoms with van der Waals surface area (Å²) in [5.74, 6) is 1.62. The van der Waals surface area contributed by atoms with Gasteiger partial charge in [-0.1, -0.05) is 73.5 Å². The molecule has 0 N–H and O–H groups in total. The van der Waals surface area contributed by atoms with Crippen LogP contribution in [0.1, 0.15) is 78.5 Å². The molecule has 0 saturated carbocycles. The van der Waals surface area contributed by atoms with Gasteiger partial charge in [-0.3, -0.25) is 4.90 Å². The number of rotatable bonds is 4. The first-order valence-electron chi connectivity index (χ1n) is 13.6. The van der Waals surface area contributed by atoms with E-state index >= 15 is 0 Å². The summed E-state index contributed by atoms with van der Waals surface area (Å²) in [5.41, 5.74) is 11.7. The molecule has 5 rings (SSSR count). The predicted molar refractivity (Wildman–Crippen MR) is 147 cm³/mol. The van der Waals surface area contributed by atoms with Crippen molar-refractivity contribution in [2.75, 3.05) is 19.6 Å². The molecule has 1 unspecified atom stereocenters. The van der Waals surface area contributed by atoms with Crippen molar-refractivity contribution < 1.29 is 0 Å². The van der Waals surface area contributed by atoms with E-state index in [2.05, 4.69) is 99.2 Å². The molecule has 3 aliphatic heterocycles. The molecule has 3 heterocycles. The second-order valence-electron chi connectivity index (χ2n) is 11.2. The Morgan fingerprint density at radius 2 is 1.60 bits per heavy atom. The predicted octanol–water partition coefficient (Wildman–Crippen LogP) is 6.82. The Hall–Kier alpha value is -2.52. The van der Waals surface area contributed by atoms with Gasteiger partial charge < -0.3 is 9.80 Å². The zero-order chi connectivity index (χ0) is 24.9. The molecule has 0 aromatic heterocycles. The fourth-order valence-electron chi connectivity index (χ4n) is 7.31. The number of hydrogen-bond donors (Lipinski definition) is 0. The standard InChI is InChI=1S/C32H43N3/c1-8-28-17-24(5)18-29-21-34-26(7)35(9-2)32(30(34)19-25(6)31(28)29)10-12-33(13-11-32)20-27-15-22(3)14-23(4)16-27/h14-19,25H,7-13,20-21H2,1-6H3. The molecule has 1 atom stereocenters. The average Bonchev–Trinajstić information content (AvgIpc) is 2.91. The van der Waals surface area contributed by atoms with Gasteiger partial charge in [-0.15, -0.1) is 0 Å². The van der Waals surface area contributed by atoms with Gasteiger partial charge in [0.15, 0.2) is 0 Å². The van der Waals surface area contributed by atoms with Gasteiger partial charge >= 0.3 is 0 Å². The van der Waals surface area contributed by atoms with Crippen molar-refractivity contribution in [2.45, 2.75) is 85.4 Å². The van der Waals surface area contributed by atoms with Crippen LogP contribution in [0.3, 0.4) is 0 Å². The third-order valence-electron chi connectivity index (χ3n) is 8.66. The van der Waals surface area contributed by atoms with E-state index in [4.69, 9.17) is 0 Å². The van der Waals surface area contributed by atoms with Gasteiger partial charge in [0.2, 0.25) is 0 Å². The highest BCUT2D eigenvalue weighted by Gasteiger charge is 2.52. The minimum absolute atomic E-state index is 0.0720. The van der Waals surface area contributed by atoms with Crippen LogP contribution in [0.4, 0.5) is 0 Å². The lowest BCUT2D eigenvalue weighted by Gasteiger charge is -2.45. The van der Waals surface area contributed by atoms with E-state index in [-0.39, 0.29) is 5.54 Å². The Bertz CT molecular complexity index is 1150. The van der Waals surface area contributed by atoms with Gasteiger partial charge in [-0.25, -0.2) is 0 Å². The van der Waals surface area contributed by atoms with Crippen molar-refractivity contribution in [1.82, 2.24) is 14.7 Å². The molecule has 0 radical (unpaired) electrons. The van der Waals surface area contributed by atoms with Crippen molar-refractivity contribution in [1.29, 1.82) is 0 Å². The fraction of sp³-hybridized carbons (Fsp3) is 0.500. The van der Waals surface area contributed by atoms with Crippen molar-refractivity contribution in [3.05, 3.63) is 93.4 Å². The number of likely N-dealkylation sites (N-methyl/N-ethyl adjacent to an activating group) is 1. The molecule has 0 bridgehead atoms. The summed E-state index contributed by atoms with van der Waals surface area (Å²) in [6, 6.07) is 11.8. The first kappa shape index (κ1) is 24.2. The van der Waals surface area contributed by atoms with E-state index in [0.717, 1.165) is 52.0 Å². The summed E-state index contributed by atoms with van der Waals surface area (Å²) in [4.78, 5) is 7.85. The maximum Gasteiger partial charge on any atom is 0.102 e. The third kappa shape index (κ3) is 4.12. The summed E-state index contributed by atoms with van der Waals surface area (Å²) in [5, 5.41) is 0. The Kier molecular flexibility index (Phi) is 6.34. The number of likely N-dealkylation sites (tertiary alicyclic amines) is 1. The molecule has 2 aromatic carbocycles. The van der Waals surface area contributed by atoms with Gasteiger partial charge in [-0.05, 0) is 69.2 Å². The smallest absolute Gasteiger partial charge is 0.102 e. The summed E-state index contributed by atoms with van der Waals surface area (Å²) in [6.07, 6.45) is 6.02. The first-order chi connectivity index (χ1) is 16.8. The molecule has 2 fully saturated rings. The van der Waals surface area contributed by atoms with Gasteiger partial charge in [0.25, 0.3) is 0 Å². The molecule has 2 aromatic rings. The topological polar surface area (TPSA) is 9.72 Å². The molecule has 3 nitrogen and oxygen atoms in total. The fourth-order valence-corrected chi connectivity index (χ4v) is 7.31. The number of fused-ring (bicyclic) bond motifs is 3. The van der Waals surface area contributed by atoms with Crippen LogP contribution >= 0.6 is 0 Å². The minimum Gasteiger partial charge on any atom is -0.347 e.